The van der Waals surface area contributed by atoms with Crippen molar-refractivity contribution in [2.75, 3.05) is 0 Å². The van der Waals surface area contributed by atoms with E-state index in [4.69, 9.17) is 0 Å². The molecule has 0 aromatic rings. The van der Waals surface area contributed by atoms with Gasteiger partial charge in [0, 0.05) is 0 Å². The number of halogens is 1. The molecule has 0 aliphatic carbocycles. The first kappa shape index (κ1) is 165. The van der Waals surface area contributed by atoms with E-state index in [0.29, 0.717) is 0 Å². The third-order valence-electron chi connectivity index (χ3n) is 0. The van der Waals surface area contributed by atoms with E-state index in [1.54, 1.807) is 0 Å². The summed E-state index contributed by atoms with van der Waals surface area (Å²) < 4.78 is 0. The fourth-order valence-electron chi connectivity index (χ4n) is 0. The summed E-state index contributed by atoms with van der Waals surface area (Å²) in [4.78, 5) is 0. The molecule has 0 spiro atoms. The standard InChI is InChI=1S/6CH4.FH.2K.H3P.2H/h6*1H4;1H;;;1H3;;/q;;;;;;;2*+1;;2*-1. The molecular weight excluding hydrogens is 200 g/mol. The molecule has 68 valence electrons. The van der Waals surface area contributed by atoms with Gasteiger partial charge in [-0.2, -0.15) is 9.90 Å². The van der Waals surface area contributed by atoms with Crippen LogP contribution in [0, 0.1) is 0 Å². The SMILES string of the molecule is C.C.C.C.C.C.F.P.[H-].[H-].[K+].[K+]. The molecule has 0 rings (SSSR count). The first-order chi connectivity index (χ1) is 0. The van der Waals surface area contributed by atoms with Crippen LogP contribution >= 0.6 is 9.90 Å². The van der Waals surface area contributed by atoms with Gasteiger partial charge in [0.2, 0.25) is 0 Å². The Morgan fingerprint density at radius 3 is 0.500 bits per heavy atom. The van der Waals surface area contributed by atoms with Crippen LogP contribution < -0.4 is 103 Å². The van der Waals surface area contributed by atoms with Gasteiger partial charge in [-0.3, -0.25) is 4.70 Å². The van der Waals surface area contributed by atoms with E-state index in [1.807, 2.05) is 0 Å². The molecule has 10 heavy (non-hydrogen) atoms. The van der Waals surface area contributed by atoms with Gasteiger partial charge >= 0.3 is 103 Å². The maximum absolute atomic E-state index is 0. The Kier molecular flexibility index (Phi) is 2140. The Bertz CT molecular complexity index is 23.5. The zero-order chi connectivity index (χ0) is 0. The number of hydrogen-bond acceptors (Lipinski definition) is 0. The fourth-order valence-corrected chi connectivity index (χ4v) is 0. The smallest absolute Gasteiger partial charge is 1.00 e. The summed E-state index contributed by atoms with van der Waals surface area (Å²) in [7, 11) is 0. The van der Waals surface area contributed by atoms with Crippen molar-refractivity contribution in [2.45, 2.75) is 44.6 Å². The Hall–Kier alpha value is 3.63. The molecule has 0 heterocycles. The predicted molar refractivity (Wildman–Crippen MR) is 56.2 cm³/mol. The van der Waals surface area contributed by atoms with Crippen LogP contribution in [0.3, 0.4) is 0 Å². The summed E-state index contributed by atoms with van der Waals surface area (Å²) in [5.41, 5.74) is 0. The van der Waals surface area contributed by atoms with Crippen LogP contribution in [0.4, 0.5) is 4.70 Å². The molecule has 0 fully saturated rings. The second kappa shape index (κ2) is 130. The molecule has 0 aliphatic heterocycles. The van der Waals surface area contributed by atoms with Crippen LogP contribution in [0.2, 0.25) is 0 Å². The van der Waals surface area contributed by atoms with Gasteiger partial charge in [-0.25, -0.2) is 0 Å². The van der Waals surface area contributed by atoms with Crippen LogP contribution in [-0.4, -0.2) is 0 Å². The number of hydrogen-bond donors (Lipinski definition) is 0. The number of rotatable bonds is 0. The molecule has 0 aliphatic rings. The van der Waals surface area contributed by atoms with Gasteiger partial charge in [0.15, 0.2) is 0 Å². The molecule has 1 atom stereocenters. The van der Waals surface area contributed by atoms with Crippen LogP contribution in [0.5, 0.6) is 0 Å². The molecule has 1 unspecified atom stereocenters. The second-order valence-corrected chi connectivity index (χ2v) is 0. The Morgan fingerprint density at radius 1 is 0.500 bits per heavy atom. The van der Waals surface area contributed by atoms with Crippen molar-refractivity contribution < 1.29 is 110 Å². The third-order valence-corrected chi connectivity index (χ3v) is 0. The minimum atomic E-state index is 0. The molecule has 0 radical (unpaired) electrons. The summed E-state index contributed by atoms with van der Waals surface area (Å²) in [6.45, 7) is 0. The minimum Gasteiger partial charge on any atom is -1.00 e. The van der Waals surface area contributed by atoms with Crippen LogP contribution in [-0.2, 0) is 0 Å². The van der Waals surface area contributed by atoms with Crippen molar-refractivity contribution in [1.29, 1.82) is 0 Å². The summed E-state index contributed by atoms with van der Waals surface area (Å²) >= 11 is 0. The summed E-state index contributed by atoms with van der Waals surface area (Å²) in [6.07, 6.45) is 0. The zero-order valence-corrected chi connectivity index (χ0v) is 10.8. The second-order valence-electron chi connectivity index (χ2n) is 0. The van der Waals surface area contributed by atoms with Gasteiger partial charge < -0.3 is 2.85 Å². The van der Waals surface area contributed by atoms with Gasteiger partial charge in [0.05, 0.1) is 0 Å². The average Bonchev–Trinajstić information content (AvgIpc) is 0. The first-order valence-corrected chi connectivity index (χ1v) is 0. The van der Waals surface area contributed by atoms with Gasteiger partial charge in [-0.15, -0.1) is 0 Å². The van der Waals surface area contributed by atoms with Crippen LogP contribution in [0.15, 0.2) is 0 Å². The van der Waals surface area contributed by atoms with Crippen molar-refractivity contribution in [3.63, 3.8) is 0 Å². The molecular formula is C6H30FK2P. The molecule has 0 saturated heterocycles. The van der Waals surface area contributed by atoms with Crippen molar-refractivity contribution in [3.8, 4) is 0 Å². The quantitative estimate of drug-likeness (QED) is 0.342. The molecule has 0 N–H and O–H groups in total. The van der Waals surface area contributed by atoms with E-state index in [-0.39, 0.29) is 165 Å². The Labute approximate surface area is 161 Å². The first-order valence-electron chi connectivity index (χ1n) is 0. The summed E-state index contributed by atoms with van der Waals surface area (Å²) in [5.74, 6) is 0. The van der Waals surface area contributed by atoms with Crippen molar-refractivity contribution in [2.24, 2.45) is 0 Å². The van der Waals surface area contributed by atoms with Crippen molar-refractivity contribution in [1.82, 2.24) is 0 Å². The average molecular weight is 230 g/mol. The molecule has 0 nitrogen and oxygen atoms in total. The third kappa shape index (κ3) is 99.7. The van der Waals surface area contributed by atoms with Crippen molar-refractivity contribution >= 4 is 9.90 Å². The Morgan fingerprint density at radius 2 is 0.500 bits per heavy atom. The van der Waals surface area contributed by atoms with E-state index >= 15 is 0 Å². The molecule has 4 heteroatoms. The summed E-state index contributed by atoms with van der Waals surface area (Å²) in [5, 5.41) is 0. The van der Waals surface area contributed by atoms with E-state index in [1.165, 1.54) is 0 Å². The van der Waals surface area contributed by atoms with E-state index < -0.39 is 0 Å². The maximum atomic E-state index is 0. The van der Waals surface area contributed by atoms with Gasteiger partial charge in [0.25, 0.3) is 0 Å². The maximum Gasteiger partial charge on any atom is 1.00 e. The monoisotopic (exact) mass is 230 g/mol. The minimum absolute atomic E-state index is 0. The molecule has 0 amide bonds. The van der Waals surface area contributed by atoms with E-state index in [2.05, 4.69) is 0 Å². The molecule has 0 aromatic heterocycles. The molecule has 0 bridgehead atoms. The molecule has 0 aromatic carbocycles. The van der Waals surface area contributed by atoms with Crippen LogP contribution in [0.1, 0.15) is 47.4 Å². The normalized spacial score (nSPS) is 0. The Balaban J connectivity index is 0. The fraction of sp³-hybridized carbons (Fsp3) is 1.00. The van der Waals surface area contributed by atoms with Crippen LogP contribution in [0.25, 0.3) is 0 Å². The van der Waals surface area contributed by atoms with Gasteiger partial charge in [-0.05, 0) is 0 Å². The van der Waals surface area contributed by atoms with E-state index in [0.717, 1.165) is 0 Å². The molecule has 0 saturated carbocycles. The topological polar surface area (TPSA) is 0 Å². The largest absolute Gasteiger partial charge is 1.00 e. The zero-order valence-electron chi connectivity index (χ0n) is 5.12. The van der Waals surface area contributed by atoms with E-state index in [9.17, 15) is 0 Å². The van der Waals surface area contributed by atoms with Gasteiger partial charge in [0.1, 0.15) is 0 Å². The van der Waals surface area contributed by atoms with Gasteiger partial charge in [-0.1, -0.05) is 44.6 Å². The predicted octanol–water partition coefficient (Wildman–Crippen LogP) is -1.74. The van der Waals surface area contributed by atoms with Crippen molar-refractivity contribution in [3.05, 3.63) is 0 Å². The summed E-state index contributed by atoms with van der Waals surface area (Å²) in [6, 6.07) is 0.